The van der Waals surface area contributed by atoms with Crippen LogP contribution in [0.1, 0.15) is 18.4 Å². The van der Waals surface area contributed by atoms with Gasteiger partial charge in [0.25, 0.3) is 5.92 Å². The molecule has 1 fully saturated rings. The van der Waals surface area contributed by atoms with Gasteiger partial charge in [-0.25, -0.2) is 8.78 Å². The zero-order valence-electron chi connectivity index (χ0n) is 11.5. The minimum atomic E-state index is -2.81. The highest BCUT2D eigenvalue weighted by Crippen LogP contribution is 2.51. The van der Waals surface area contributed by atoms with Crippen molar-refractivity contribution in [1.82, 2.24) is 0 Å². The zero-order valence-corrected chi connectivity index (χ0v) is 11.5. The van der Waals surface area contributed by atoms with Crippen LogP contribution < -0.4 is 0 Å². The Hall–Kier alpha value is -1.53. The summed E-state index contributed by atoms with van der Waals surface area (Å²) < 4.78 is 33.0. The molecule has 0 radical (unpaired) electrons. The Kier molecular flexibility index (Phi) is 3.67. The fourth-order valence-electron chi connectivity index (χ4n) is 3.08. The van der Waals surface area contributed by atoms with Crippen LogP contribution in [0, 0.1) is 5.92 Å². The van der Waals surface area contributed by atoms with Crippen LogP contribution in [0.2, 0.25) is 0 Å². The lowest BCUT2D eigenvalue weighted by atomic mass is 9.88. The molecule has 114 valence electrons. The number of benzene rings is 1. The molecule has 1 aliphatic heterocycles. The smallest absolute Gasteiger partial charge is 0.253 e. The third-order valence-electron chi connectivity index (χ3n) is 4.06. The molecule has 0 aromatic heterocycles. The quantitative estimate of drug-likeness (QED) is 0.907. The number of rotatable bonds is 5. The first kappa shape index (κ1) is 14.4. The van der Waals surface area contributed by atoms with Gasteiger partial charge in [-0.2, -0.15) is 0 Å². The number of aliphatic hydroxyl groups is 1. The highest BCUT2D eigenvalue weighted by atomic mass is 19.3. The van der Waals surface area contributed by atoms with E-state index < -0.39 is 23.9 Å². The first-order valence-electron chi connectivity index (χ1n) is 6.90. The van der Waals surface area contributed by atoms with Crippen LogP contribution in [0.25, 0.3) is 0 Å². The Morgan fingerprint density at radius 2 is 2.10 bits per heavy atom. The third kappa shape index (κ3) is 2.78. The van der Waals surface area contributed by atoms with E-state index in [1.807, 2.05) is 30.3 Å². The Labute approximate surface area is 121 Å². The van der Waals surface area contributed by atoms with E-state index in [0.717, 1.165) is 5.56 Å². The molecule has 1 aromatic carbocycles. The van der Waals surface area contributed by atoms with E-state index >= 15 is 0 Å². The van der Waals surface area contributed by atoms with Crippen molar-refractivity contribution in [3.8, 4) is 0 Å². The molecule has 0 amide bonds. The van der Waals surface area contributed by atoms with E-state index in [1.165, 1.54) is 0 Å². The summed E-state index contributed by atoms with van der Waals surface area (Å²) in [6.07, 6.45) is -0.770. The van der Waals surface area contributed by atoms with Gasteiger partial charge in [0.05, 0.1) is 37.9 Å². The molecule has 1 heterocycles. The maximum Gasteiger partial charge on any atom is 0.253 e. The SMILES string of the molecule is OCC1=NOC2(COCc3ccccc3)CC(F)(F)CC12. The Morgan fingerprint density at radius 3 is 2.81 bits per heavy atom. The summed E-state index contributed by atoms with van der Waals surface area (Å²) in [5, 5.41) is 13.0. The maximum absolute atomic E-state index is 13.7. The second-order valence-electron chi connectivity index (χ2n) is 5.66. The molecule has 2 unspecified atom stereocenters. The predicted molar refractivity (Wildman–Crippen MR) is 72.1 cm³/mol. The van der Waals surface area contributed by atoms with Crippen LogP contribution in [0.15, 0.2) is 35.5 Å². The van der Waals surface area contributed by atoms with Crippen molar-refractivity contribution in [2.45, 2.75) is 31.0 Å². The van der Waals surface area contributed by atoms with Crippen molar-refractivity contribution in [3.63, 3.8) is 0 Å². The van der Waals surface area contributed by atoms with E-state index in [2.05, 4.69) is 5.16 Å². The topological polar surface area (TPSA) is 51.1 Å². The standard InChI is InChI=1S/C15H17F2NO3/c16-15(17)6-12-13(7-19)18-21-14(12,9-15)10-20-8-11-4-2-1-3-5-11/h1-5,12,19H,6-10H2. The number of alkyl halides is 2. The fourth-order valence-corrected chi connectivity index (χ4v) is 3.08. The average molecular weight is 297 g/mol. The van der Waals surface area contributed by atoms with Crippen molar-refractivity contribution in [1.29, 1.82) is 0 Å². The molecule has 3 rings (SSSR count). The van der Waals surface area contributed by atoms with Crippen molar-refractivity contribution in [2.24, 2.45) is 11.1 Å². The second-order valence-corrected chi connectivity index (χ2v) is 5.66. The van der Waals surface area contributed by atoms with Gasteiger partial charge in [0.2, 0.25) is 0 Å². The molecule has 0 spiro atoms. The summed E-state index contributed by atoms with van der Waals surface area (Å²) in [6, 6.07) is 9.50. The molecular weight excluding hydrogens is 280 g/mol. The fraction of sp³-hybridized carbons (Fsp3) is 0.533. The van der Waals surface area contributed by atoms with Crippen LogP contribution in [0.5, 0.6) is 0 Å². The van der Waals surface area contributed by atoms with Gasteiger partial charge >= 0.3 is 0 Å². The predicted octanol–water partition coefficient (Wildman–Crippen LogP) is 2.37. The van der Waals surface area contributed by atoms with Crippen LogP contribution in [0.4, 0.5) is 8.78 Å². The molecule has 1 aliphatic carbocycles. The van der Waals surface area contributed by atoms with Gasteiger partial charge < -0.3 is 14.7 Å². The van der Waals surface area contributed by atoms with Gasteiger partial charge in [-0.15, -0.1) is 0 Å². The number of hydrogen-bond acceptors (Lipinski definition) is 4. The third-order valence-corrected chi connectivity index (χ3v) is 4.06. The normalized spacial score (nSPS) is 29.9. The number of oxime groups is 1. The van der Waals surface area contributed by atoms with Crippen molar-refractivity contribution in [2.75, 3.05) is 13.2 Å². The van der Waals surface area contributed by atoms with Crippen LogP contribution in [0.3, 0.4) is 0 Å². The summed E-state index contributed by atoms with van der Waals surface area (Å²) >= 11 is 0. The maximum atomic E-state index is 13.7. The molecule has 6 heteroatoms. The first-order chi connectivity index (χ1) is 10.0. The van der Waals surface area contributed by atoms with Crippen molar-refractivity contribution < 1.29 is 23.5 Å². The Morgan fingerprint density at radius 1 is 1.33 bits per heavy atom. The number of halogens is 2. The first-order valence-corrected chi connectivity index (χ1v) is 6.90. The average Bonchev–Trinajstić information content (AvgIpc) is 2.90. The van der Waals surface area contributed by atoms with Gasteiger partial charge in [0, 0.05) is 6.42 Å². The molecule has 1 saturated carbocycles. The van der Waals surface area contributed by atoms with E-state index in [0.29, 0.717) is 6.61 Å². The number of nitrogens with zero attached hydrogens (tertiary/aromatic N) is 1. The molecule has 1 N–H and O–H groups in total. The molecule has 1 aromatic rings. The monoisotopic (exact) mass is 297 g/mol. The summed E-state index contributed by atoms with van der Waals surface area (Å²) in [4.78, 5) is 5.26. The van der Waals surface area contributed by atoms with Crippen LogP contribution in [-0.2, 0) is 16.2 Å². The Bertz CT molecular complexity index is 535. The highest BCUT2D eigenvalue weighted by molar-refractivity contribution is 5.90. The van der Waals surface area contributed by atoms with Gasteiger partial charge in [-0.1, -0.05) is 35.5 Å². The largest absolute Gasteiger partial charge is 0.390 e. The Balaban J connectivity index is 1.66. The lowest BCUT2D eigenvalue weighted by Gasteiger charge is -2.26. The van der Waals surface area contributed by atoms with E-state index in [4.69, 9.17) is 9.57 Å². The highest BCUT2D eigenvalue weighted by Gasteiger charge is 2.62. The lowest BCUT2D eigenvalue weighted by Crippen LogP contribution is -2.40. The van der Waals surface area contributed by atoms with Crippen LogP contribution >= 0.6 is 0 Å². The lowest BCUT2D eigenvalue weighted by molar-refractivity contribution is -0.112. The zero-order chi connectivity index (χ0) is 14.9. The van der Waals surface area contributed by atoms with Gasteiger partial charge in [0.1, 0.15) is 0 Å². The molecule has 21 heavy (non-hydrogen) atoms. The molecule has 2 aliphatic rings. The van der Waals surface area contributed by atoms with E-state index in [9.17, 15) is 13.9 Å². The van der Waals surface area contributed by atoms with Gasteiger partial charge in [-0.05, 0) is 5.56 Å². The van der Waals surface area contributed by atoms with E-state index in [1.54, 1.807) is 0 Å². The van der Waals surface area contributed by atoms with Gasteiger partial charge in [-0.3, -0.25) is 0 Å². The minimum Gasteiger partial charge on any atom is -0.390 e. The number of fused-ring (bicyclic) bond motifs is 1. The van der Waals surface area contributed by atoms with Crippen molar-refractivity contribution in [3.05, 3.63) is 35.9 Å². The molecular formula is C15H17F2NO3. The minimum absolute atomic E-state index is 0.0369. The summed E-state index contributed by atoms with van der Waals surface area (Å²) in [5.74, 6) is -3.38. The van der Waals surface area contributed by atoms with Crippen molar-refractivity contribution >= 4 is 5.71 Å². The molecule has 0 saturated heterocycles. The summed E-state index contributed by atoms with van der Waals surface area (Å²) in [6.45, 7) is 0.00896. The van der Waals surface area contributed by atoms with Gasteiger partial charge in [0.15, 0.2) is 5.60 Å². The second kappa shape index (κ2) is 5.35. The number of ether oxygens (including phenoxy) is 1. The summed E-state index contributed by atoms with van der Waals surface area (Å²) in [7, 11) is 0. The number of aliphatic hydroxyl groups excluding tert-OH is 1. The molecule has 2 atom stereocenters. The summed E-state index contributed by atoms with van der Waals surface area (Å²) in [5.41, 5.74) is 0.114. The number of hydrogen-bond donors (Lipinski definition) is 1. The molecule has 0 bridgehead atoms. The van der Waals surface area contributed by atoms with Crippen LogP contribution in [-0.4, -0.2) is 35.6 Å². The van der Waals surface area contributed by atoms with E-state index in [-0.39, 0.29) is 25.3 Å². The molecule has 4 nitrogen and oxygen atoms in total.